The lowest BCUT2D eigenvalue weighted by molar-refractivity contribution is -0.128. The first-order valence-corrected chi connectivity index (χ1v) is 6.85. The van der Waals surface area contributed by atoms with E-state index in [0.29, 0.717) is 18.0 Å². The van der Waals surface area contributed by atoms with Gasteiger partial charge in [0.05, 0.1) is 5.54 Å². The molecule has 1 aromatic rings. The summed E-state index contributed by atoms with van der Waals surface area (Å²) in [6, 6.07) is 7.00. The van der Waals surface area contributed by atoms with Crippen LogP contribution in [0, 0.1) is 5.92 Å². The first-order valence-electron chi connectivity index (χ1n) is 6.85. The third-order valence-corrected chi connectivity index (χ3v) is 3.92. The van der Waals surface area contributed by atoms with Gasteiger partial charge in [-0.2, -0.15) is 0 Å². The van der Waals surface area contributed by atoms with Gasteiger partial charge in [0.1, 0.15) is 5.75 Å². The van der Waals surface area contributed by atoms with Crippen LogP contribution in [-0.4, -0.2) is 16.6 Å². The lowest BCUT2D eigenvalue weighted by Crippen LogP contribution is -2.56. The lowest BCUT2D eigenvalue weighted by atomic mass is 9.76. The van der Waals surface area contributed by atoms with Gasteiger partial charge in [-0.05, 0) is 24.8 Å². The zero-order chi connectivity index (χ0) is 13.9. The van der Waals surface area contributed by atoms with Crippen LogP contribution >= 0.6 is 0 Å². The van der Waals surface area contributed by atoms with Gasteiger partial charge in [-0.1, -0.05) is 38.0 Å². The Morgan fingerprint density at radius 3 is 2.95 bits per heavy atom. The van der Waals surface area contributed by atoms with Crippen molar-refractivity contribution in [3.8, 4) is 5.75 Å². The van der Waals surface area contributed by atoms with Gasteiger partial charge in [0.25, 0.3) is 0 Å². The molecule has 1 saturated carbocycles. The molecular formula is C15H22N2O2. The predicted octanol–water partition coefficient (Wildman–Crippen LogP) is 1.92. The van der Waals surface area contributed by atoms with Crippen molar-refractivity contribution >= 4 is 5.91 Å². The Morgan fingerprint density at radius 1 is 1.53 bits per heavy atom. The Hall–Kier alpha value is -1.55. The Bertz CT molecular complexity index is 461. The molecule has 1 aliphatic carbocycles. The number of nitrogens with one attached hydrogen (secondary N) is 1. The summed E-state index contributed by atoms with van der Waals surface area (Å²) in [6.45, 7) is 2.45. The van der Waals surface area contributed by atoms with Gasteiger partial charge < -0.3 is 16.2 Å². The molecule has 0 radical (unpaired) electrons. The maximum atomic E-state index is 12.2. The van der Waals surface area contributed by atoms with E-state index in [9.17, 15) is 9.90 Å². The lowest BCUT2D eigenvalue weighted by Gasteiger charge is -2.35. The van der Waals surface area contributed by atoms with E-state index in [0.717, 1.165) is 25.7 Å². The average Bonchev–Trinajstić information content (AvgIpc) is 2.37. The molecule has 104 valence electrons. The molecule has 1 fully saturated rings. The summed E-state index contributed by atoms with van der Waals surface area (Å²) in [5.41, 5.74) is 6.18. The van der Waals surface area contributed by atoms with Gasteiger partial charge in [-0.3, -0.25) is 4.79 Å². The van der Waals surface area contributed by atoms with Crippen molar-refractivity contribution < 1.29 is 9.90 Å². The quantitative estimate of drug-likeness (QED) is 0.779. The molecule has 1 aliphatic rings. The maximum Gasteiger partial charge on any atom is 0.240 e. The topological polar surface area (TPSA) is 75.4 Å². The first kappa shape index (κ1) is 13.9. The number of amides is 1. The summed E-state index contributed by atoms with van der Waals surface area (Å²) in [4.78, 5) is 12.2. The van der Waals surface area contributed by atoms with E-state index in [1.54, 1.807) is 18.2 Å². The van der Waals surface area contributed by atoms with Gasteiger partial charge in [-0.15, -0.1) is 0 Å². The number of carbonyl (C=O) groups is 1. The molecule has 2 unspecified atom stereocenters. The second-order valence-corrected chi connectivity index (χ2v) is 5.67. The minimum absolute atomic E-state index is 0.109. The number of aromatic hydroxyl groups is 1. The van der Waals surface area contributed by atoms with Crippen LogP contribution in [0.1, 0.15) is 38.2 Å². The largest absolute Gasteiger partial charge is 0.508 e. The molecule has 19 heavy (non-hydrogen) atoms. The minimum atomic E-state index is -0.748. The van der Waals surface area contributed by atoms with Crippen molar-refractivity contribution in [2.75, 3.05) is 0 Å². The van der Waals surface area contributed by atoms with E-state index in [2.05, 4.69) is 12.2 Å². The highest BCUT2D eigenvalue weighted by Gasteiger charge is 2.37. The van der Waals surface area contributed by atoms with Gasteiger partial charge >= 0.3 is 0 Å². The van der Waals surface area contributed by atoms with Crippen LogP contribution in [0.15, 0.2) is 24.3 Å². The van der Waals surface area contributed by atoms with Crippen LogP contribution in [0.3, 0.4) is 0 Å². The smallest absolute Gasteiger partial charge is 0.240 e. The van der Waals surface area contributed by atoms with Crippen molar-refractivity contribution in [1.29, 1.82) is 0 Å². The summed E-state index contributed by atoms with van der Waals surface area (Å²) in [7, 11) is 0. The number of phenolic OH excluding ortho intramolecular Hbond substituents is 1. The zero-order valence-electron chi connectivity index (χ0n) is 11.4. The van der Waals surface area contributed by atoms with Crippen LogP contribution in [0.25, 0.3) is 0 Å². The second-order valence-electron chi connectivity index (χ2n) is 5.67. The van der Waals surface area contributed by atoms with E-state index in [-0.39, 0.29) is 11.7 Å². The molecule has 0 aliphatic heterocycles. The minimum Gasteiger partial charge on any atom is -0.508 e. The molecule has 1 amide bonds. The number of nitrogens with two attached hydrogens (primary N) is 1. The molecule has 4 nitrogen and oxygen atoms in total. The molecule has 0 aromatic heterocycles. The van der Waals surface area contributed by atoms with Gasteiger partial charge in [-0.25, -0.2) is 0 Å². The number of phenols is 1. The Labute approximate surface area is 114 Å². The fourth-order valence-electron chi connectivity index (χ4n) is 2.81. The third-order valence-electron chi connectivity index (χ3n) is 3.92. The summed E-state index contributed by atoms with van der Waals surface area (Å²) in [6.07, 6.45) is 3.62. The van der Waals surface area contributed by atoms with E-state index in [1.165, 1.54) is 0 Å². The van der Waals surface area contributed by atoms with Crippen molar-refractivity contribution in [2.24, 2.45) is 11.7 Å². The molecule has 1 aromatic carbocycles. The highest BCUT2D eigenvalue weighted by Crippen LogP contribution is 2.30. The number of benzene rings is 1. The van der Waals surface area contributed by atoms with Gasteiger partial charge in [0, 0.05) is 12.1 Å². The van der Waals surface area contributed by atoms with Crippen LogP contribution in [-0.2, 0) is 11.3 Å². The Kier molecular flexibility index (Phi) is 4.10. The van der Waals surface area contributed by atoms with Gasteiger partial charge in [0.2, 0.25) is 5.91 Å². The molecular weight excluding hydrogens is 240 g/mol. The fraction of sp³-hybridized carbons (Fsp3) is 0.533. The van der Waals surface area contributed by atoms with E-state index < -0.39 is 5.54 Å². The standard InChI is InChI=1S/C15H22N2O2/c1-11-5-4-8-15(16,9-11)14(19)17-10-12-6-2-3-7-13(12)18/h2-3,6-7,11,18H,4-5,8-10,16H2,1H3,(H,17,19). The number of hydrogen-bond acceptors (Lipinski definition) is 3. The van der Waals surface area contributed by atoms with Crippen molar-refractivity contribution in [1.82, 2.24) is 5.32 Å². The van der Waals surface area contributed by atoms with E-state index in [4.69, 9.17) is 5.73 Å². The van der Waals surface area contributed by atoms with Crippen molar-refractivity contribution in [3.05, 3.63) is 29.8 Å². The predicted molar refractivity (Wildman–Crippen MR) is 74.5 cm³/mol. The molecule has 0 bridgehead atoms. The number of rotatable bonds is 3. The average molecular weight is 262 g/mol. The number of carbonyl (C=O) groups excluding carboxylic acids is 1. The van der Waals surface area contributed by atoms with Crippen LogP contribution < -0.4 is 11.1 Å². The SMILES string of the molecule is CC1CCCC(N)(C(=O)NCc2ccccc2O)C1. The highest BCUT2D eigenvalue weighted by atomic mass is 16.3. The molecule has 2 atom stereocenters. The summed E-state index contributed by atoms with van der Waals surface area (Å²) < 4.78 is 0. The molecule has 0 heterocycles. The highest BCUT2D eigenvalue weighted by molar-refractivity contribution is 5.86. The second kappa shape index (κ2) is 5.61. The summed E-state index contributed by atoms with van der Waals surface area (Å²) >= 11 is 0. The van der Waals surface area contributed by atoms with Crippen molar-refractivity contribution in [2.45, 2.75) is 44.7 Å². The van der Waals surface area contributed by atoms with Crippen molar-refractivity contribution in [3.63, 3.8) is 0 Å². The van der Waals surface area contributed by atoms with E-state index >= 15 is 0 Å². The zero-order valence-corrected chi connectivity index (χ0v) is 11.4. The molecule has 2 rings (SSSR count). The third kappa shape index (κ3) is 3.26. The molecule has 0 spiro atoms. The number of para-hydroxylation sites is 1. The van der Waals surface area contributed by atoms with Crippen LogP contribution in [0.4, 0.5) is 0 Å². The molecule has 4 heteroatoms. The van der Waals surface area contributed by atoms with E-state index in [1.807, 2.05) is 6.07 Å². The molecule has 0 saturated heterocycles. The Morgan fingerprint density at radius 2 is 2.26 bits per heavy atom. The summed E-state index contributed by atoms with van der Waals surface area (Å²) in [5.74, 6) is 0.586. The first-order chi connectivity index (χ1) is 9.01. The summed E-state index contributed by atoms with van der Waals surface area (Å²) in [5, 5.41) is 12.5. The van der Waals surface area contributed by atoms with Gasteiger partial charge in [0.15, 0.2) is 0 Å². The monoisotopic (exact) mass is 262 g/mol. The molecule has 4 N–H and O–H groups in total. The number of hydrogen-bond donors (Lipinski definition) is 3. The van der Waals surface area contributed by atoms with Crippen LogP contribution in [0.5, 0.6) is 5.75 Å². The normalized spacial score (nSPS) is 26.9. The fourth-order valence-corrected chi connectivity index (χ4v) is 2.81. The maximum absolute atomic E-state index is 12.2. The van der Waals surface area contributed by atoms with Crippen LogP contribution in [0.2, 0.25) is 0 Å². The Balaban J connectivity index is 1.96.